The summed E-state index contributed by atoms with van der Waals surface area (Å²) in [5, 5.41) is 0. The summed E-state index contributed by atoms with van der Waals surface area (Å²) in [6.45, 7) is 11.1. The molecule has 1 unspecified atom stereocenters. The fraction of sp³-hybridized carbons (Fsp3) is 0.947. The SMILES string of the molecule is CC(C)(C)CC1(C(=O)OCOC2CCCCCC2)CC1(C)C. The first-order valence-electron chi connectivity index (χ1n) is 8.95. The predicted octanol–water partition coefficient (Wildman–Crippen LogP) is 5.08. The summed E-state index contributed by atoms with van der Waals surface area (Å²) < 4.78 is 11.3. The van der Waals surface area contributed by atoms with E-state index in [1.165, 1.54) is 25.7 Å². The quantitative estimate of drug-likeness (QED) is 0.403. The summed E-state index contributed by atoms with van der Waals surface area (Å²) in [7, 11) is 0. The zero-order chi connectivity index (χ0) is 16.4. The molecule has 0 spiro atoms. The summed E-state index contributed by atoms with van der Waals surface area (Å²) in [4.78, 5) is 12.6. The van der Waals surface area contributed by atoms with Crippen LogP contribution in [0.1, 0.15) is 86.0 Å². The van der Waals surface area contributed by atoms with Gasteiger partial charge < -0.3 is 9.47 Å². The van der Waals surface area contributed by atoms with Gasteiger partial charge in [-0.15, -0.1) is 0 Å². The minimum Gasteiger partial charge on any atom is -0.438 e. The van der Waals surface area contributed by atoms with E-state index >= 15 is 0 Å². The van der Waals surface area contributed by atoms with Crippen LogP contribution in [0.2, 0.25) is 0 Å². The molecule has 3 nitrogen and oxygen atoms in total. The van der Waals surface area contributed by atoms with Gasteiger partial charge in [0, 0.05) is 0 Å². The van der Waals surface area contributed by atoms with E-state index in [1.807, 2.05) is 0 Å². The van der Waals surface area contributed by atoms with Crippen molar-refractivity contribution in [1.29, 1.82) is 0 Å². The van der Waals surface area contributed by atoms with Gasteiger partial charge in [0.05, 0.1) is 11.5 Å². The largest absolute Gasteiger partial charge is 0.438 e. The lowest BCUT2D eigenvalue weighted by Gasteiger charge is -2.27. The van der Waals surface area contributed by atoms with E-state index in [0.717, 1.165) is 25.7 Å². The van der Waals surface area contributed by atoms with Crippen molar-refractivity contribution in [3.63, 3.8) is 0 Å². The molecule has 0 aromatic rings. The number of esters is 1. The van der Waals surface area contributed by atoms with Crippen LogP contribution in [0, 0.1) is 16.2 Å². The van der Waals surface area contributed by atoms with Crippen molar-refractivity contribution >= 4 is 5.97 Å². The maximum absolute atomic E-state index is 12.6. The molecule has 22 heavy (non-hydrogen) atoms. The molecule has 0 radical (unpaired) electrons. The van der Waals surface area contributed by atoms with E-state index in [2.05, 4.69) is 34.6 Å². The molecule has 0 heterocycles. The second-order valence-electron chi connectivity index (χ2n) is 9.21. The zero-order valence-corrected chi connectivity index (χ0v) is 15.2. The highest BCUT2D eigenvalue weighted by Gasteiger charge is 2.67. The highest BCUT2D eigenvalue weighted by Crippen LogP contribution is 2.68. The number of ether oxygens (including phenoxy) is 2. The smallest absolute Gasteiger partial charge is 0.314 e. The monoisotopic (exact) mass is 310 g/mol. The van der Waals surface area contributed by atoms with Crippen molar-refractivity contribution in [2.75, 3.05) is 6.79 Å². The van der Waals surface area contributed by atoms with Gasteiger partial charge in [0.15, 0.2) is 6.79 Å². The van der Waals surface area contributed by atoms with Crippen LogP contribution in [0.15, 0.2) is 0 Å². The second kappa shape index (κ2) is 6.51. The fourth-order valence-electron chi connectivity index (χ4n) is 4.07. The molecule has 0 aromatic carbocycles. The molecule has 2 aliphatic carbocycles. The molecule has 2 rings (SSSR count). The van der Waals surface area contributed by atoms with E-state index in [0.29, 0.717) is 0 Å². The first-order chi connectivity index (χ1) is 10.2. The molecular formula is C19H34O3. The minimum atomic E-state index is -0.307. The Morgan fingerprint density at radius 1 is 1.09 bits per heavy atom. The van der Waals surface area contributed by atoms with Crippen LogP contribution < -0.4 is 0 Å². The van der Waals surface area contributed by atoms with E-state index in [-0.39, 0.29) is 35.1 Å². The van der Waals surface area contributed by atoms with Crippen LogP contribution in [-0.2, 0) is 14.3 Å². The average Bonchev–Trinajstić information content (AvgIpc) is 3.01. The van der Waals surface area contributed by atoms with Gasteiger partial charge in [-0.3, -0.25) is 4.79 Å². The Bertz CT molecular complexity index is 386. The van der Waals surface area contributed by atoms with Crippen molar-refractivity contribution in [2.45, 2.75) is 92.1 Å². The Morgan fingerprint density at radius 3 is 2.09 bits per heavy atom. The van der Waals surface area contributed by atoms with Gasteiger partial charge >= 0.3 is 5.97 Å². The highest BCUT2D eigenvalue weighted by atomic mass is 16.7. The van der Waals surface area contributed by atoms with Gasteiger partial charge in [-0.05, 0) is 36.5 Å². The lowest BCUT2D eigenvalue weighted by atomic mass is 9.79. The van der Waals surface area contributed by atoms with Crippen LogP contribution in [0.5, 0.6) is 0 Å². The van der Waals surface area contributed by atoms with Gasteiger partial charge in [-0.1, -0.05) is 60.3 Å². The molecule has 2 fully saturated rings. The molecule has 2 saturated carbocycles. The second-order valence-corrected chi connectivity index (χ2v) is 9.21. The van der Waals surface area contributed by atoms with Crippen molar-refractivity contribution < 1.29 is 14.3 Å². The number of hydrogen-bond acceptors (Lipinski definition) is 3. The van der Waals surface area contributed by atoms with Crippen LogP contribution in [-0.4, -0.2) is 18.9 Å². The molecule has 3 heteroatoms. The van der Waals surface area contributed by atoms with Crippen molar-refractivity contribution in [2.24, 2.45) is 16.2 Å². The third kappa shape index (κ3) is 4.24. The summed E-state index contributed by atoms with van der Waals surface area (Å²) in [5.74, 6) is -0.0546. The van der Waals surface area contributed by atoms with E-state index in [1.54, 1.807) is 0 Å². The summed E-state index contributed by atoms with van der Waals surface area (Å²) >= 11 is 0. The molecule has 0 bridgehead atoms. The first kappa shape index (κ1) is 17.8. The maximum Gasteiger partial charge on any atom is 0.314 e. The van der Waals surface area contributed by atoms with Crippen LogP contribution in [0.25, 0.3) is 0 Å². The maximum atomic E-state index is 12.6. The van der Waals surface area contributed by atoms with Gasteiger partial charge in [-0.2, -0.15) is 0 Å². The zero-order valence-electron chi connectivity index (χ0n) is 15.2. The Morgan fingerprint density at radius 2 is 1.64 bits per heavy atom. The molecule has 0 N–H and O–H groups in total. The highest BCUT2D eigenvalue weighted by molar-refractivity contribution is 5.81. The number of hydrogen-bond donors (Lipinski definition) is 0. The standard InChI is InChI=1S/C19H34O3/c1-17(2,3)12-19(13-18(19,4)5)16(20)22-14-21-15-10-8-6-7-9-11-15/h15H,6-14H2,1-5H3. The lowest BCUT2D eigenvalue weighted by molar-refractivity contribution is -0.170. The Kier molecular flexibility index (Phi) is 5.26. The molecule has 0 amide bonds. The van der Waals surface area contributed by atoms with Crippen molar-refractivity contribution in [3.8, 4) is 0 Å². The van der Waals surface area contributed by atoms with Crippen LogP contribution >= 0.6 is 0 Å². The minimum absolute atomic E-state index is 0.0546. The molecule has 0 aromatic heterocycles. The van der Waals surface area contributed by atoms with Gasteiger partial charge in [0.1, 0.15) is 0 Å². The fourth-order valence-corrected chi connectivity index (χ4v) is 4.07. The Labute approximate surface area is 136 Å². The normalized spacial score (nSPS) is 29.0. The van der Waals surface area contributed by atoms with E-state index in [9.17, 15) is 4.79 Å². The van der Waals surface area contributed by atoms with Crippen molar-refractivity contribution in [1.82, 2.24) is 0 Å². The number of carbonyl (C=O) groups excluding carboxylic acids is 1. The molecule has 128 valence electrons. The molecule has 1 atom stereocenters. The van der Waals surface area contributed by atoms with E-state index < -0.39 is 0 Å². The average molecular weight is 310 g/mol. The van der Waals surface area contributed by atoms with E-state index in [4.69, 9.17) is 9.47 Å². The molecule has 0 saturated heterocycles. The predicted molar refractivity (Wildman–Crippen MR) is 88.4 cm³/mol. The van der Waals surface area contributed by atoms with Crippen LogP contribution in [0.3, 0.4) is 0 Å². The molecular weight excluding hydrogens is 276 g/mol. The first-order valence-corrected chi connectivity index (χ1v) is 8.95. The molecule has 0 aliphatic heterocycles. The summed E-state index contributed by atoms with van der Waals surface area (Å²) in [6, 6.07) is 0. The van der Waals surface area contributed by atoms with Crippen LogP contribution in [0.4, 0.5) is 0 Å². The molecule has 2 aliphatic rings. The number of rotatable bonds is 5. The van der Waals surface area contributed by atoms with Gasteiger partial charge in [0.2, 0.25) is 0 Å². The van der Waals surface area contributed by atoms with Crippen molar-refractivity contribution in [3.05, 3.63) is 0 Å². The topological polar surface area (TPSA) is 35.5 Å². The Hall–Kier alpha value is -0.570. The Balaban J connectivity index is 1.82. The number of carbonyl (C=O) groups is 1. The lowest BCUT2D eigenvalue weighted by Crippen LogP contribution is -2.30. The summed E-state index contributed by atoms with van der Waals surface area (Å²) in [6.07, 6.45) is 9.40. The van der Waals surface area contributed by atoms with Gasteiger partial charge in [-0.25, -0.2) is 0 Å². The summed E-state index contributed by atoms with van der Waals surface area (Å²) in [5.41, 5.74) is -0.118. The van der Waals surface area contributed by atoms with Gasteiger partial charge in [0.25, 0.3) is 0 Å². The third-order valence-electron chi connectivity index (χ3n) is 5.43. The third-order valence-corrected chi connectivity index (χ3v) is 5.43.